The quantitative estimate of drug-likeness (QED) is 0.693. The maximum absolute atomic E-state index is 11.9. The molecule has 0 radical (unpaired) electrons. The van der Waals surface area contributed by atoms with Gasteiger partial charge in [0.25, 0.3) is 0 Å². The number of carbonyl (C=O) groups excluding carboxylic acids is 1. The first-order valence-electron chi connectivity index (χ1n) is 6.03. The number of benzene rings is 1. The van der Waals surface area contributed by atoms with E-state index in [4.69, 9.17) is 4.74 Å². The van der Waals surface area contributed by atoms with E-state index in [1.54, 1.807) is 0 Å². The molecule has 2 atom stereocenters. The van der Waals surface area contributed by atoms with E-state index < -0.39 is 0 Å². The highest BCUT2D eigenvalue weighted by atomic mass is 16.6. The predicted octanol–water partition coefficient (Wildman–Crippen LogP) is 2.90. The summed E-state index contributed by atoms with van der Waals surface area (Å²) in [5, 5.41) is 0. The molecule has 0 aromatic heterocycles. The topological polar surface area (TPSA) is 29.5 Å². The molecule has 0 bridgehead atoms. The fourth-order valence-electron chi connectivity index (χ4n) is 2.50. The van der Waals surface area contributed by atoms with Crippen molar-refractivity contribution >= 4 is 6.09 Å². The Morgan fingerprint density at radius 1 is 1.24 bits per heavy atom. The smallest absolute Gasteiger partial charge is 0.410 e. The van der Waals surface area contributed by atoms with Gasteiger partial charge < -0.3 is 9.64 Å². The van der Waals surface area contributed by atoms with E-state index in [-0.39, 0.29) is 18.2 Å². The highest BCUT2D eigenvalue weighted by Crippen LogP contribution is 2.32. The minimum absolute atomic E-state index is 0.104. The summed E-state index contributed by atoms with van der Waals surface area (Å²) in [5.41, 5.74) is 1.08. The maximum atomic E-state index is 11.9. The molecule has 2 aliphatic rings. The molecular formula is C14H15NO2. The zero-order valence-corrected chi connectivity index (χ0v) is 9.58. The number of hydrogen-bond donors (Lipinski definition) is 0. The Labute approximate surface area is 101 Å². The average molecular weight is 229 g/mol. The molecule has 3 nitrogen and oxygen atoms in total. The lowest BCUT2D eigenvalue weighted by Crippen LogP contribution is -2.47. The van der Waals surface area contributed by atoms with E-state index in [1.165, 1.54) is 0 Å². The third-order valence-electron chi connectivity index (χ3n) is 3.40. The second kappa shape index (κ2) is 4.24. The molecule has 3 heteroatoms. The summed E-state index contributed by atoms with van der Waals surface area (Å²) in [7, 11) is 0. The van der Waals surface area contributed by atoms with E-state index in [0.717, 1.165) is 24.9 Å². The van der Waals surface area contributed by atoms with Gasteiger partial charge in [0.05, 0.1) is 6.04 Å². The van der Waals surface area contributed by atoms with Crippen LogP contribution in [0.15, 0.2) is 42.5 Å². The van der Waals surface area contributed by atoms with Crippen LogP contribution in [0.2, 0.25) is 0 Å². The average Bonchev–Trinajstić information content (AvgIpc) is 2.40. The second-order valence-corrected chi connectivity index (χ2v) is 4.50. The molecule has 88 valence electrons. The van der Waals surface area contributed by atoms with Crippen LogP contribution in [-0.2, 0) is 4.74 Å². The van der Waals surface area contributed by atoms with Crippen molar-refractivity contribution in [1.82, 2.24) is 4.90 Å². The Hall–Kier alpha value is -1.77. The lowest BCUT2D eigenvalue weighted by atomic mass is 9.97. The first-order chi connectivity index (χ1) is 8.34. The number of carbonyl (C=O) groups is 1. The fourth-order valence-corrected chi connectivity index (χ4v) is 2.50. The molecular weight excluding hydrogens is 214 g/mol. The van der Waals surface area contributed by atoms with Crippen LogP contribution in [0.4, 0.5) is 4.79 Å². The van der Waals surface area contributed by atoms with Crippen molar-refractivity contribution in [2.75, 3.05) is 6.54 Å². The molecule has 17 heavy (non-hydrogen) atoms. The zero-order chi connectivity index (χ0) is 11.7. The Balaban J connectivity index is 1.83. The van der Waals surface area contributed by atoms with E-state index >= 15 is 0 Å². The van der Waals surface area contributed by atoms with Gasteiger partial charge in [-0.3, -0.25) is 0 Å². The zero-order valence-electron chi connectivity index (χ0n) is 9.58. The molecule has 0 spiro atoms. The van der Waals surface area contributed by atoms with Crippen LogP contribution >= 0.6 is 0 Å². The highest BCUT2D eigenvalue weighted by Gasteiger charge is 2.35. The fraction of sp³-hybridized carbons (Fsp3) is 0.357. The summed E-state index contributed by atoms with van der Waals surface area (Å²) >= 11 is 0. The molecule has 2 aliphatic heterocycles. The first kappa shape index (κ1) is 10.4. The van der Waals surface area contributed by atoms with Crippen LogP contribution in [0.1, 0.15) is 24.5 Å². The molecule has 1 saturated heterocycles. The summed E-state index contributed by atoms with van der Waals surface area (Å²) in [6.45, 7) is 0.779. The minimum Gasteiger partial charge on any atom is -0.441 e. The van der Waals surface area contributed by atoms with Gasteiger partial charge in [0, 0.05) is 13.0 Å². The Morgan fingerprint density at radius 3 is 2.88 bits per heavy atom. The van der Waals surface area contributed by atoms with Gasteiger partial charge in [-0.15, -0.1) is 0 Å². The number of fused-ring (bicyclic) bond motifs is 1. The highest BCUT2D eigenvalue weighted by molar-refractivity contribution is 5.70. The standard InChI is InChI=1S/C14H15NO2/c16-14-15-9-5-4-8-12(15)10-13(17-14)11-6-2-1-3-7-11/h1-4,6-8,12-13H,5,9-10H2/t12-,13-/m0/s1. The molecule has 0 unspecified atom stereocenters. The summed E-state index contributed by atoms with van der Waals surface area (Å²) in [6, 6.07) is 10.2. The van der Waals surface area contributed by atoms with Gasteiger partial charge in [0.2, 0.25) is 0 Å². The third-order valence-corrected chi connectivity index (χ3v) is 3.40. The molecule has 3 rings (SSSR count). The molecule has 0 aliphatic carbocycles. The lowest BCUT2D eigenvalue weighted by molar-refractivity contribution is 0.00675. The van der Waals surface area contributed by atoms with Gasteiger partial charge in [-0.1, -0.05) is 42.5 Å². The molecule has 1 fully saturated rings. The van der Waals surface area contributed by atoms with Crippen LogP contribution in [0.5, 0.6) is 0 Å². The summed E-state index contributed by atoms with van der Waals surface area (Å²) in [5.74, 6) is 0. The van der Waals surface area contributed by atoms with Crippen molar-refractivity contribution in [1.29, 1.82) is 0 Å². The molecule has 0 saturated carbocycles. The molecule has 1 amide bonds. The van der Waals surface area contributed by atoms with Crippen LogP contribution in [0, 0.1) is 0 Å². The lowest BCUT2D eigenvalue weighted by Gasteiger charge is -2.39. The first-order valence-corrected chi connectivity index (χ1v) is 6.03. The number of rotatable bonds is 1. The predicted molar refractivity (Wildman–Crippen MR) is 64.5 cm³/mol. The number of hydrogen-bond acceptors (Lipinski definition) is 2. The SMILES string of the molecule is O=C1O[C@H](c2ccccc2)C[C@@H]2C=CCCN12. The van der Waals surface area contributed by atoms with Crippen molar-refractivity contribution < 1.29 is 9.53 Å². The number of cyclic esters (lactones) is 1. The van der Waals surface area contributed by atoms with Crippen molar-refractivity contribution in [2.24, 2.45) is 0 Å². The monoisotopic (exact) mass is 229 g/mol. The summed E-state index contributed by atoms with van der Waals surface area (Å²) in [4.78, 5) is 13.7. The van der Waals surface area contributed by atoms with Crippen LogP contribution in [0.3, 0.4) is 0 Å². The van der Waals surface area contributed by atoms with Crippen molar-refractivity contribution in [3.8, 4) is 0 Å². The normalized spacial score (nSPS) is 27.5. The van der Waals surface area contributed by atoms with Crippen LogP contribution < -0.4 is 0 Å². The largest absolute Gasteiger partial charge is 0.441 e. The van der Waals surface area contributed by atoms with E-state index in [9.17, 15) is 4.79 Å². The van der Waals surface area contributed by atoms with Crippen molar-refractivity contribution in [2.45, 2.75) is 25.0 Å². The number of amides is 1. The van der Waals surface area contributed by atoms with Crippen molar-refractivity contribution in [3.05, 3.63) is 48.0 Å². The van der Waals surface area contributed by atoms with Gasteiger partial charge in [0.1, 0.15) is 6.10 Å². The second-order valence-electron chi connectivity index (χ2n) is 4.50. The van der Waals surface area contributed by atoms with Gasteiger partial charge >= 0.3 is 6.09 Å². The Morgan fingerprint density at radius 2 is 2.06 bits per heavy atom. The molecule has 1 aromatic carbocycles. The molecule has 2 heterocycles. The van der Waals surface area contributed by atoms with Gasteiger partial charge in [-0.2, -0.15) is 0 Å². The van der Waals surface area contributed by atoms with E-state index in [0.29, 0.717) is 0 Å². The Bertz CT molecular complexity index is 441. The molecule has 1 aromatic rings. The van der Waals surface area contributed by atoms with Crippen molar-refractivity contribution in [3.63, 3.8) is 0 Å². The van der Waals surface area contributed by atoms with Gasteiger partial charge in [0.15, 0.2) is 0 Å². The van der Waals surface area contributed by atoms with E-state index in [1.807, 2.05) is 35.2 Å². The van der Waals surface area contributed by atoms with E-state index in [2.05, 4.69) is 12.2 Å². The summed E-state index contributed by atoms with van der Waals surface area (Å²) < 4.78 is 5.49. The molecule has 0 N–H and O–H groups in total. The number of nitrogens with zero attached hydrogens (tertiary/aromatic N) is 1. The van der Waals surface area contributed by atoms with Crippen LogP contribution in [-0.4, -0.2) is 23.6 Å². The van der Waals surface area contributed by atoms with Crippen LogP contribution in [0.25, 0.3) is 0 Å². The number of ether oxygens (including phenoxy) is 1. The third kappa shape index (κ3) is 1.93. The van der Waals surface area contributed by atoms with Gasteiger partial charge in [-0.05, 0) is 12.0 Å². The Kier molecular flexibility index (Phi) is 2.59. The maximum Gasteiger partial charge on any atom is 0.410 e. The summed E-state index contributed by atoms with van der Waals surface area (Å²) in [6.07, 6.45) is 5.78. The minimum atomic E-state index is -0.181. The van der Waals surface area contributed by atoms with Gasteiger partial charge in [-0.25, -0.2) is 4.79 Å².